The molecular formula is C20H24FNO6S. The van der Waals surface area contributed by atoms with Crippen molar-refractivity contribution in [3.05, 3.63) is 52.4 Å². The Morgan fingerprint density at radius 2 is 1.83 bits per heavy atom. The zero-order valence-corrected chi connectivity index (χ0v) is 17.6. The first-order valence-corrected chi connectivity index (χ1v) is 10.9. The van der Waals surface area contributed by atoms with Gasteiger partial charge >= 0.3 is 11.9 Å². The smallest absolute Gasteiger partial charge is 0.336 e. The summed E-state index contributed by atoms with van der Waals surface area (Å²) in [6.07, 6.45) is 1.60. The predicted molar refractivity (Wildman–Crippen MR) is 104 cm³/mol. The maximum absolute atomic E-state index is 13.8. The highest BCUT2D eigenvalue weighted by atomic mass is 32.2. The Morgan fingerprint density at radius 3 is 2.38 bits per heavy atom. The number of nitrogens with one attached hydrogen (secondary N) is 1. The largest absolute Gasteiger partial charge is 0.466 e. The SMILES string of the molecule is CCCOC(=O)C1=C(C)NC(CF)=C(C(=O)OC)C1c1ccccc1S(C)(=O)=O. The topological polar surface area (TPSA) is 98.8 Å². The lowest BCUT2D eigenvalue weighted by Crippen LogP contribution is -2.34. The first kappa shape index (κ1) is 22.6. The van der Waals surface area contributed by atoms with Crippen LogP contribution in [0.4, 0.5) is 4.39 Å². The summed E-state index contributed by atoms with van der Waals surface area (Å²) in [4.78, 5) is 25.3. The van der Waals surface area contributed by atoms with Gasteiger partial charge in [-0.1, -0.05) is 25.1 Å². The van der Waals surface area contributed by atoms with Crippen LogP contribution in [-0.2, 0) is 28.9 Å². The number of sulfone groups is 1. The zero-order chi connectivity index (χ0) is 21.8. The van der Waals surface area contributed by atoms with Gasteiger partial charge in [-0.2, -0.15) is 0 Å². The van der Waals surface area contributed by atoms with E-state index in [1.165, 1.54) is 18.2 Å². The molecular weight excluding hydrogens is 401 g/mol. The Labute approximate surface area is 169 Å². The number of carbonyl (C=O) groups is 2. The van der Waals surface area contributed by atoms with Gasteiger partial charge in [-0.25, -0.2) is 22.4 Å². The van der Waals surface area contributed by atoms with Gasteiger partial charge < -0.3 is 14.8 Å². The molecule has 0 fully saturated rings. The molecule has 1 atom stereocenters. The molecule has 2 rings (SSSR count). The van der Waals surface area contributed by atoms with E-state index in [1.807, 2.05) is 6.92 Å². The van der Waals surface area contributed by atoms with Crippen molar-refractivity contribution in [1.29, 1.82) is 0 Å². The van der Waals surface area contributed by atoms with Crippen LogP contribution in [-0.4, -0.2) is 47.0 Å². The maximum atomic E-state index is 13.8. The molecule has 29 heavy (non-hydrogen) atoms. The molecule has 0 bridgehead atoms. The van der Waals surface area contributed by atoms with Crippen LogP contribution < -0.4 is 5.32 Å². The van der Waals surface area contributed by atoms with E-state index >= 15 is 0 Å². The fraction of sp³-hybridized carbons (Fsp3) is 0.400. The third-order valence-corrected chi connectivity index (χ3v) is 5.64. The maximum Gasteiger partial charge on any atom is 0.336 e. The van der Waals surface area contributed by atoms with Gasteiger partial charge in [0.1, 0.15) is 6.67 Å². The Bertz CT molecular complexity index is 980. The van der Waals surface area contributed by atoms with Crippen LogP contribution in [0.25, 0.3) is 0 Å². The number of carbonyl (C=O) groups excluding carboxylic acids is 2. The molecule has 1 aromatic rings. The number of rotatable bonds is 7. The summed E-state index contributed by atoms with van der Waals surface area (Å²) < 4.78 is 48.6. The molecule has 1 aliphatic heterocycles. The molecule has 7 nitrogen and oxygen atoms in total. The van der Waals surface area contributed by atoms with Crippen LogP contribution in [0.1, 0.15) is 31.7 Å². The molecule has 0 aliphatic carbocycles. The summed E-state index contributed by atoms with van der Waals surface area (Å²) in [7, 11) is -2.58. The first-order chi connectivity index (χ1) is 13.7. The predicted octanol–water partition coefficient (Wildman–Crippen LogP) is 2.40. The number of ether oxygens (including phenoxy) is 2. The van der Waals surface area contributed by atoms with Crippen LogP contribution in [0.2, 0.25) is 0 Å². The van der Waals surface area contributed by atoms with Crippen molar-refractivity contribution in [2.75, 3.05) is 26.6 Å². The molecule has 0 radical (unpaired) electrons. The van der Waals surface area contributed by atoms with E-state index in [0.717, 1.165) is 13.4 Å². The lowest BCUT2D eigenvalue weighted by molar-refractivity contribution is -0.139. The number of halogens is 1. The second-order valence-corrected chi connectivity index (χ2v) is 8.54. The Morgan fingerprint density at radius 1 is 1.17 bits per heavy atom. The van der Waals surface area contributed by atoms with Crippen molar-refractivity contribution in [2.24, 2.45) is 0 Å². The molecule has 0 aromatic heterocycles. The average molecular weight is 425 g/mol. The van der Waals surface area contributed by atoms with E-state index in [0.29, 0.717) is 6.42 Å². The molecule has 1 unspecified atom stereocenters. The lowest BCUT2D eigenvalue weighted by Gasteiger charge is -2.31. The Kier molecular flexibility index (Phi) is 7.18. The number of allylic oxidation sites excluding steroid dienone is 2. The van der Waals surface area contributed by atoms with Crippen LogP contribution in [0.3, 0.4) is 0 Å². The molecule has 1 heterocycles. The third-order valence-electron chi connectivity index (χ3n) is 4.47. The summed E-state index contributed by atoms with van der Waals surface area (Å²) >= 11 is 0. The number of esters is 2. The highest BCUT2D eigenvalue weighted by Gasteiger charge is 2.40. The van der Waals surface area contributed by atoms with Gasteiger partial charge in [0.15, 0.2) is 9.84 Å². The number of methoxy groups -OCH3 is 1. The van der Waals surface area contributed by atoms with E-state index in [1.54, 1.807) is 13.0 Å². The van der Waals surface area contributed by atoms with Crippen molar-refractivity contribution >= 4 is 21.8 Å². The summed E-state index contributed by atoms with van der Waals surface area (Å²) in [5.41, 5.74) is 0.229. The van der Waals surface area contributed by atoms with E-state index in [-0.39, 0.29) is 39.6 Å². The van der Waals surface area contributed by atoms with Crippen LogP contribution in [0.15, 0.2) is 51.7 Å². The molecule has 158 valence electrons. The van der Waals surface area contributed by atoms with Crippen molar-refractivity contribution < 1.29 is 31.9 Å². The Hall–Kier alpha value is -2.68. The minimum absolute atomic E-state index is 0.0344. The second kappa shape index (κ2) is 9.21. The van der Waals surface area contributed by atoms with Crippen molar-refractivity contribution in [2.45, 2.75) is 31.1 Å². The molecule has 1 aliphatic rings. The normalized spacial score (nSPS) is 17.1. The van der Waals surface area contributed by atoms with E-state index in [4.69, 9.17) is 9.47 Å². The number of alkyl halides is 1. The minimum Gasteiger partial charge on any atom is -0.466 e. The highest BCUT2D eigenvalue weighted by Crippen LogP contribution is 2.41. The van der Waals surface area contributed by atoms with E-state index in [2.05, 4.69) is 5.32 Å². The van der Waals surface area contributed by atoms with E-state index in [9.17, 15) is 22.4 Å². The van der Waals surface area contributed by atoms with Gasteiger partial charge in [0, 0.05) is 12.0 Å². The molecule has 0 spiro atoms. The van der Waals surface area contributed by atoms with Gasteiger partial charge in [-0.15, -0.1) is 0 Å². The van der Waals surface area contributed by atoms with Gasteiger partial charge in [0.2, 0.25) is 0 Å². The van der Waals surface area contributed by atoms with Crippen LogP contribution >= 0.6 is 0 Å². The van der Waals surface area contributed by atoms with Crippen molar-refractivity contribution in [3.8, 4) is 0 Å². The fourth-order valence-electron chi connectivity index (χ4n) is 3.26. The summed E-state index contributed by atoms with van der Waals surface area (Å²) in [5.74, 6) is -2.75. The zero-order valence-electron chi connectivity index (χ0n) is 16.7. The van der Waals surface area contributed by atoms with Crippen molar-refractivity contribution in [1.82, 2.24) is 5.32 Å². The van der Waals surface area contributed by atoms with Gasteiger partial charge in [0.05, 0.1) is 41.4 Å². The molecule has 1 N–H and O–H groups in total. The van der Waals surface area contributed by atoms with Gasteiger partial charge in [-0.3, -0.25) is 0 Å². The molecule has 0 amide bonds. The molecule has 0 saturated carbocycles. The lowest BCUT2D eigenvalue weighted by atomic mass is 9.80. The quantitative estimate of drug-likeness (QED) is 0.670. The molecule has 0 saturated heterocycles. The summed E-state index contributed by atoms with van der Waals surface area (Å²) in [6, 6.07) is 5.98. The monoisotopic (exact) mass is 425 g/mol. The number of dihydropyridines is 1. The minimum atomic E-state index is -3.71. The number of benzene rings is 1. The van der Waals surface area contributed by atoms with Crippen LogP contribution in [0.5, 0.6) is 0 Å². The van der Waals surface area contributed by atoms with Gasteiger partial charge in [-0.05, 0) is 25.0 Å². The van der Waals surface area contributed by atoms with E-state index < -0.39 is 34.4 Å². The Balaban J connectivity index is 2.83. The number of hydrogen-bond acceptors (Lipinski definition) is 7. The second-order valence-electron chi connectivity index (χ2n) is 6.56. The van der Waals surface area contributed by atoms with Crippen LogP contribution in [0, 0.1) is 0 Å². The molecule has 1 aromatic carbocycles. The standard InChI is InChI=1S/C20H24FNO6S/c1-5-10-28-20(24)16-12(2)22-14(11-21)18(19(23)27-3)17(16)13-8-6-7-9-15(13)29(4,25)26/h6-9,17,22H,5,10-11H2,1-4H3. The highest BCUT2D eigenvalue weighted by molar-refractivity contribution is 7.90. The third kappa shape index (κ3) is 4.67. The summed E-state index contributed by atoms with van der Waals surface area (Å²) in [5, 5.41) is 2.73. The average Bonchev–Trinajstić information content (AvgIpc) is 2.69. The molecule has 9 heteroatoms. The number of hydrogen-bond donors (Lipinski definition) is 1. The van der Waals surface area contributed by atoms with Gasteiger partial charge in [0.25, 0.3) is 0 Å². The van der Waals surface area contributed by atoms with Crippen molar-refractivity contribution in [3.63, 3.8) is 0 Å². The fourth-order valence-corrected chi connectivity index (χ4v) is 4.20. The first-order valence-electron chi connectivity index (χ1n) is 8.98. The summed E-state index contributed by atoms with van der Waals surface area (Å²) in [6.45, 7) is 2.48.